The van der Waals surface area contributed by atoms with Crippen molar-refractivity contribution >= 4 is 6.09 Å². The average Bonchev–Trinajstić information content (AvgIpc) is 2.69. The Bertz CT molecular complexity index is 925. The Hall–Kier alpha value is -2.67. The van der Waals surface area contributed by atoms with Crippen molar-refractivity contribution in [3.8, 4) is 11.3 Å². The van der Waals surface area contributed by atoms with E-state index >= 15 is 0 Å². The van der Waals surface area contributed by atoms with E-state index < -0.39 is 17.2 Å². The van der Waals surface area contributed by atoms with Gasteiger partial charge in [-0.3, -0.25) is 9.36 Å². The van der Waals surface area contributed by atoms with Crippen LogP contribution in [0.3, 0.4) is 0 Å². The first-order chi connectivity index (χ1) is 14.1. The van der Waals surface area contributed by atoms with Crippen molar-refractivity contribution in [2.24, 2.45) is 0 Å². The molecule has 0 bridgehead atoms. The van der Waals surface area contributed by atoms with Crippen molar-refractivity contribution in [3.05, 3.63) is 53.1 Å². The number of rotatable bonds is 4. The van der Waals surface area contributed by atoms with Gasteiger partial charge in [-0.2, -0.15) is 0 Å². The van der Waals surface area contributed by atoms with E-state index in [9.17, 15) is 14.7 Å². The molecule has 1 aromatic heterocycles. The average molecular weight is 414 g/mol. The van der Waals surface area contributed by atoms with E-state index in [0.29, 0.717) is 38.0 Å². The number of nitrogens with zero attached hydrogens (tertiary/aromatic N) is 3. The van der Waals surface area contributed by atoms with Gasteiger partial charge in [-0.05, 0) is 40.0 Å². The number of carbonyl (C=O) groups is 1. The Morgan fingerprint density at radius 2 is 1.87 bits per heavy atom. The fraction of sp³-hybridized carbons (Fsp3) is 0.522. The molecule has 1 aliphatic heterocycles. The van der Waals surface area contributed by atoms with E-state index in [1.165, 1.54) is 17.0 Å². The third kappa shape index (κ3) is 4.90. The van der Waals surface area contributed by atoms with Crippen LogP contribution in [0.2, 0.25) is 0 Å². The second-order valence-electron chi connectivity index (χ2n) is 8.88. The van der Waals surface area contributed by atoms with Gasteiger partial charge in [0.2, 0.25) is 0 Å². The maximum Gasteiger partial charge on any atom is 0.410 e. The van der Waals surface area contributed by atoms with Crippen LogP contribution in [0.15, 0.2) is 47.5 Å². The zero-order valence-electron chi connectivity index (χ0n) is 18.2. The first kappa shape index (κ1) is 22.0. The summed E-state index contributed by atoms with van der Waals surface area (Å²) in [4.78, 5) is 31.2. The molecular weight excluding hydrogens is 382 g/mol. The molecule has 1 aliphatic rings. The lowest BCUT2D eigenvalue weighted by molar-refractivity contribution is -0.0663. The number of hydrogen-bond acceptors (Lipinski definition) is 5. The van der Waals surface area contributed by atoms with Crippen LogP contribution >= 0.6 is 0 Å². The van der Waals surface area contributed by atoms with Crippen LogP contribution in [0.1, 0.15) is 53.0 Å². The van der Waals surface area contributed by atoms with E-state index in [1.54, 1.807) is 4.90 Å². The molecule has 0 radical (unpaired) electrons. The van der Waals surface area contributed by atoms with Gasteiger partial charge in [-0.15, -0.1) is 0 Å². The minimum absolute atomic E-state index is 0.196. The lowest BCUT2D eigenvalue weighted by atomic mass is 9.82. The molecule has 1 unspecified atom stereocenters. The normalized spacial score (nSPS) is 17.4. The fourth-order valence-corrected chi connectivity index (χ4v) is 3.98. The summed E-state index contributed by atoms with van der Waals surface area (Å²) in [5.41, 5.74) is -0.361. The third-order valence-electron chi connectivity index (χ3n) is 5.53. The number of amides is 1. The predicted molar refractivity (Wildman–Crippen MR) is 115 cm³/mol. The van der Waals surface area contributed by atoms with Gasteiger partial charge >= 0.3 is 6.09 Å². The maximum atomic E-state index is 12.9. The molecule has 0 spiro atoms. The number of piperidine rings is 1. The van der Waals surface area contributed by atoms with Crippen molar-refractivity contribution in [3.63, 3.8) is 0 Å². The highest BCUT2D eigenvalue weighted by atomic mass is 16.6. The molecule has 1 fully saturated rings. The highest BCUT2D eigenvalue weighted by Crippen LogP contribution is 2.35. The molecule has 1 amide bonds. The number of hydrogen-bond donors (Lipinski definition) is 1. The molecule has 2 heterocycles. The summed E-state index contributed by atoms with van der Waals surface area (Å²) in [6, 6.07) is 10.6. The van der Waals surface area contributed by atoms with Crippen LogP contribution in [0.25, 0.3) is 11.3 Å². The number of aliphatic hydroxyl groups is 1. The fourth-order valence-electron chi connectivity index (χ4n) is 3.98. The lowest BCUT2D eigenvalue weighted by Gasteiger charge is -2.43. The number of benzene rings is 1. The van der Waals surface area contributed by atoms with Crippen LogP contribution in [0.4, 0.5) is 4.79 Å². The van der Waals surface area contributed by atoms with Crippen LogP contribution in [0, 0.1) is 0 Å². The summed E-state index contributed by atoms with van der Waals surface area (Å²) in [7, 11) is 0. The smallest absolute Gasteiger partial charge is 0.410 e. The maximum absolute atomic E-state index is 12.9. The Balaban J connectivity index is 1.76. The summed E-state index contributed by atoms with van der Waals surface area (Å²) in [5.74, 6) is 0. The molecule has 0 aliphatic carbocycles. The monoisotopic (exact) mass is 413 g/mol. The SMILES string of the molecule is CCC(n1cnc(-c2ccccc2)cc1=O)C1(O)CCN(C(=O)OC(C)(C)C)CC1. The Kier molecular flexibility index (Phi) is 6.31. The van der Waals surface area contributed by atoms with E-state index in [1.807, 2.05) is 58.0 Å². The molecule has 3 rings (SSSR count). The molecule has 7 heteroatoms. The van der Waals surface area contributed by atoms with Crippen molar-refractivity contribution < 1.29 is 14.6 Å². The summed E-state index contributed by atoms with van der Waals surface area (Å²) >= 11 is 0. The molecular formula is C23H31N3O4. The number of aromatic nitrogens is 2. The first-order valence-electron chi connectivity index (χ1n) is 10.5. The molecule has 30 heavy (non-hydrogen) atoms. The summed E-state index contributed by atoms with van der Waals surface area (Å²) < 4.78 is 6.95. The molecule has 1 saturated heterocycles. The molecule has 1 atom stereocenters. The van der Waals surface area contributed by atoms with E-state index in [-0.39, 0.29) is 11.7 Å². The van der Waals surface area contributed by atoms with Gasteiger partial charge < -0.3 is 14.7 Å². The van der Waals surface area contributed by atoms with Crippen molar-refractivity contribution in [1.82, 2.24) is 14.5 Å². The Morgan fingerprint density at radius 3 is 2.40 bits per heavy atom. The first-order valence-corrected chi connectivity index (χ1v) is 10.5. The second-order valence-corrected chi connectivity index (χ2v) is 8.88. The standard InChI is InChI=1S/C23H31N3O4/c1-5-19(23(29)11-13-25(14-12-23)21(28)30-22(2,3)4)26-16-24-18(15-20(26)27)17-9-7-6-8-10-17/h6-10,15-16,19,29H,5,11-14H2,1-4H3. The molecule has 1 N–H and O–H groups in total. The van der Waals surface area contributed by atoms with Crippen LogP contribution < -0.4 is 5.56 Å². The van der Waals surface area contributed by atoms with E-state index in [2.05, 4.69) is 4.98 Å². The zero-order chi connectivity index (χ0) is 21.9. The number of ether oxygens (including phenoxy) is 1. The van der Waals surface area contributed by atoms with Gasteiger partial charge in [-0.25, -0.2) is 9.78 Å². The van der Waals surface area contributed by atoms with Gasteiger partial charge in [-0.1, -0.05) is 37.3 Å². The molecule has 162 valence electrons. The predicted octanol–water partition coefficient (Wildman–Crippen LogP) is 3.62. The summed E-state index contributed by atoms with van der Waals surface area (Å²) in [6.45, 7) is 8.20. The van der Waals surface area contributed by atoms with Crippen LogP contribution in [0.5, 0.6) is 0 Å². The Labute approximate surface area is 177 Å². The highest BCUT2D eigenvalue weighted by Gasteiger charge is 2.42. The minimum atomic E-state index is -1.09. The van der Waals surface area contributed by atoms with Gasteiger partial charge in [0.25, 0.3) is 5.56 Å². The van der Waals surface area contributed by atoms with Crippen LogP contribution in [-0.4, -0.2) is 49.9 Å². The zero-order valence-corrected chi connectivity index (χ0v) is 18.2. The quantitative estimate of drug-likeness (QED) is 0.827. The van der Waals surface area contributed by atoms with E-state index in [0.717, 1.165) is 5.56 Å². The largest absolute Gasteiger partial charge is 0.444 e. The van der Waals surface area contributed by atoms with Crippen molar-refractivity contribution in [2.45, 2.75) is 64.2 Å². The minimum Gasteiger partial charge on any atom is -0.444 e. The van der Waals surface area contributed by atoms with Gasteiger partial charge in [0.05, 0.1) is 23.7 Å². The third-order valence-corrected chi connectivity index (χ3v) is 5.53. The van der Waals surface area contributed by atoms with Crippen LogP contribution in [-0.2, 0) is 4.74 Å². The van der Waals surface area contributed by atoms with Gasteiger partial charge in [0, 0.05) is 24.7 Å². The van der Waals surface area contributed by atoms with Crippen molar-refractivity contribution in [1.29, 1.82) is 0 Å². The van der Waals surface area contributed by atoms with Crippen molar-refractivity contribution in [2.75, 3.05) is 13.1 Å². The number of carbonyl (C=O) groups excluding carboxylic acids is 1. The van der Waals surface area contributed by atoms with Gasteiger partial charge in [0.1, 0.15) is 5.60 Å². The Morgan fingerprint density at radius 1 is 1.23 bits per heavy atom. The molecule has 2 aromatic rings. The topological polar surface area (TPSA) is 84.7 Å². The second kappa shape index (κ2) is 8.60. The molecule has 0 saturated carbocycles. The summed E-state index contributed by atoms with van der Waals surface area (Å²) in [6.07, 6.45) is 2.48. The highest BCUT2D eigenvalue weighted by molar-refractivity contribution is 5.68. The summed E-state index contributed by atoms with van der Waals surface area (Å²) in [5, 5.41) is 11.4. The molecule has 7 nitrogen and oxygen atoms in total. The van der Waals surface area contributed by atoms with Gasteiger partial charge in [0.15, 0.2) is 0 Å². The molecule has 1 aromatic carbocycles. The van der Waals surface area contributed by atoms with E-state index in [4.69, 9.17) is 4.74 Å². The lowest BCUT2D eigenvalue weighted by Crippen LogP contribution is -2.52. The number of likely N-dealkylation sites (tertiary alicyclic amines) is 1.